The standard InChI is InChI=1S/C23H34N6O3/c1-13(2)16-10-19(28-27-16)25-20-11-24-12-21(26-20)31-18-9-15-7-8-17(14(18)3)29(15)22(30)32-23(4,5)6/h10-15,17-18H,7-9H2,1-6H3,(H2,25,26,27,28)/t14-,15-,17+,18+/m1/s1. The Bertz CT molecular complexity index is 953. The van der Waals surface area contributed by atoms with Crippen LogP contribution < -0.4 is 10.1 Å². The molecule has 2 fully saturated rings. The van der Waals surface area contributed by atoms with Crippen LogP contribution in [0.1, 0.15) is 72.4 Å². The van der Waals surface area contributed by atoms with Gasteiger partial charge in [0.05, 0.1) is 12.4 Å². The smallest absolute Gasteiger partial charge is 0.410 e. The van der Waals surface area contributed by atoms with Crippen LogP contribution in [0.3, 0.4) is 0 Å². The van der Waals surface area contributed by atoms with Crippen molar-refractivity contribution >= 4 is 17.7 Å². The first kappa shape index (κ1) is 22.4. The Morgan fingerprint density at radius 3 is 2.72 bits per heavy atom. The summed E-state index contributed by atoms with van der Waals surface area (Å²) in [5.41, 5.74) is 0.550. The minimum atomic E-state index is -0.500. The molecule has 2 aromatic heterocycles. The van der Waals surface area contributed by atoms with Crippen molar-refractivity contribution in [3.05, 3.63) is 24.2 Å². The zero-order valence-corrected chi connectivity index (χ0v) is 19.8. The van der Waals surface area contributed by atoms with Crippen molar-refractivity contribution in [1.82, 2.24) is 25.1 Å². The number of carbonyl (C=O) groups is 1. The fourth-order valence-corrected chi connectivity index (χ4v) is 4.59. The minimum absolute atomic E-state index is 0.0336. The van der Waals surface area contributed by atoms with Crippen molar-refractivity contribution in [2.24, 2.45) is 5.92 Å². The number of hydrogen-bond donors (Lipinski definition) is 2. The highest BCUT2D eigenvalue weighted by Gasteiger charge is 2.49. The molecule has 9 heteroatoms. The first-order valence-electron chi connectivity index (χ1n) is 11.4. The SMILES string of the molecule is CC(C)c1cc(Nc2cncc(O[C@H]3C[C@H]4CC[C@@H]([C@H]3C)N4C(=O)OC(C)(C)C)n2)n[nH]1. The second kappa shape index (κ2) is 8.60. The Balaban J connectivity index is 1.42. The van der Waals surface area contributed by atoms with Gasteiger partial charge in [-0.15, -0.1) is 0 Å². The number of nitrogens with one attached hydrogen (secondary N) is 2. The zero-order valence-electron chi connectivity index (χ0n) is 19.8. The third-order valence-corrected chi connectivity index (χ3v) is 6.21. The summed E-state index contributed by atoms with van der Waals surface area (Å²) >= 11 is 0. The van der Waals surface area contributed by atoms with Gasteiger partial charge >= 0.3 is 6.09 Å². The highest BCUT2D eigenvalue weighted by molar-refractivity contribution is 5.69. The molecule has 32 heavy (non-hydrogen) atoms. The molecule has 0 aromatic carbocycles. The minimum Gasteiger partial charge on any atom is -0.473 e. The molecule has 4 atom stereocenters. The number of anilines is 2. The van der Waals surface area contributed by atoms with E-state index in [1.165, 1.54) is 0 Å². The quantitative estimate of drug-likeness (QED) is 0.696. The molecule has 2 aliphatic heterocycles. The molecule has 0 unspecified atom stereocenters. The van der Waals surface area contributed by atoms with Crippen molar-refractivity contribution in [3.8, 4) is 5.88 Å². The molecular formula is C23H34N6O3. The van der Waals surface area contributed by atoms with Crippen LogP contribution in [0, 0.1) is 5.92 Å². The van der Waals surface area contributed by atoms with E-state index < -0.39 is 5.60 Å². The lowest BCUT2D eigenvalue weighted by Gasteiger charge is -2.43. The summed E-state index contributed by atoms with van der Waals surface area (Å²) in [6, 6.07) is 2.21. The predicted octanol–water partition coefficient (Wildman–Crippen LogP) is 4.62. The lowest BCUT2D eigenvalue weighted by Crippen LogP contribution is -2.55. The molecular weight excluding hydrogens is 408 g/mol. The third kappa shape index (κ3) is 4.81. The molecule has 2 aliphatic rings. The lowest BCUT2D eigenvalue weighted by molar-refractivity contribution is -0.0272. The summed E-state index contributed by atoms with van der Waals surface area (Å²) in [5, 5.41) is 10.5. The number of carbonyl (C=O) groups excluding carboxylic acids is 1. The molecule has 2 saturated heterocycles. The highest BCUT2D eigenvalue weighted by Crippen LogP contribution is 2.41. The molecule has 9 nitrogen and oxygen atoms in total. The Labute approximate surface area is 189 Å². The lowest BCUT2D eigenvalue weighted by atomic mass is 9.89. The maximum Gasteiger partial charge on any atom is 0.410 e. The number of hydrogen-bond acceptors (Lipinski definition) is 7. The highest BCUT2D eigenvalue weighted by atomic mass is 16.6. The number of aromatic amines is 1. The maximum absolute atomic E-state index is 12.8. The molecule has 2 N–H and O–H groups in total. The average molecular weight is 443 g/mol. The third-order valence-electron chi connectivity index (χ3n) is 6.21. The molecule has 4 rings (SSSR count). The monoisotopic (exact) mass is 442 g/mol. The van der Waals surface area contributed by atoms with E-state index in [1.807, 2.05) is 31.7 Å². The fourth-order valence-electron chi connectivity index (χ4n) is 4.59. The summed E-state index contributed by atoms with van der Waals surface area (Å²) in [6.07, 6.45) is 5.72. The predicted molar refractivity (Wildman–Crippen MR) is 121 cm³/mol. The van der Waals surface area contributed by atoms with Gasteiger partial charge in [0.15, 0.2) is 11.6 Å². The zero-order chi connectivity index (χ0) is 23.0. The summed E-state index contributed by atoms with van der Waals surface area (Å²) in [7, 11) is 0. The maximum atomic E-state index is 12.8. The van der Waals surface area contributed by atoms with Crippen LogP contribution in [0.4, 0.5) is 16.4 Å². The first-order valence-corrected chi connectivity index (χ1v) is 11.4. The van der Waals surface area contributed by atoms with Crippen molar-refractivity contribution in [2.75, 3.05) is 5.32 Å². The number of rotatable bonds is 5. The Morgan fingerprint density at radius 2 is 2.03 bits per heavy atom. The second-order valence-electron chi connectivity index (χ2n) is 10.2. The molecule has 2 bridgehead atoms. The molecule has 1 amide bonds. The Morgan fingerprint density at radius 1 is 1.25 bits per heavy atom. The van der Waals surface area contributed by atoms with Gasteiger partial charge < -0.3 is 19.7 Å². The number of fused-ring (bicyclic) bond motifs is 2. The number of piperidine rings is 1. The number of amides is 1. The van der Waals surface area contributed by atoms with Gasteiger partial charge in [-0.1, -0.05) is 20.8 Å². The van der Waals surface area contributed by atoms with Gasteiger partial charge in [0.1, 0.15) is 11.7 Å². The number of ether oxygens (including phenoxy) is 2. The van der Waals surface area contributed by atoms with E-state index in [4.69, 9.17) is 9.47 Å². The molecule has 0 radical (unpaired) electrons. The molecule has 0 saturated carbocycles. The average Bonchev–Trinajstić information content (AvgIpc) is 3.30. The van der Waals surface area contributed by atoms with Crippen LogP contribution in [0.2, 0.25) is 0 Å². The van der Waals surface area contributed by atoms with E-state index in [-0.39, 0.29) is 30.2 Å². The largest absolute Gasteiger partial charge is 0.473 e. The van der Waals surface area contributed by atoms with Crippen molar-refractivity contribution in [1.29, 1.82) is 0 Å². The second-order valence-corrected chi connectivity index (χ2v) is 10.2. The van der Waals surface area contributed by atoms with Crippen LogP contribution in [0.15, 0.2) is 18.5 Å². The summed E-state index contributed by atoms with van der Waals surface area (Å²) in [4.78, 5) is 23.6. The van der Waals surface area contributed by atoms with E-state index in [2.05, 4.69) is 46.3 Å². The van der Waals surface area contributed by atoms with E-state index in [0.29, 0.717) is 23.4 Å². The summed E-state index contributed by atoms with van der Waals surface area (Å²) < 4.78 is 11.9. The van der Waals surface area contributed by atoms with Crippen LogP contribution in [-0.4, -0.2) is 54.9 Å². The van der Waals surface area contributed by atoms with E-state index in [9.17, 15) is 4.79 Å². The Hall–Kier alpha value is -2.84. The molecule has 2 aromatic rings. The Kier molecular flexibility index (Phi) is 6.01. The van der Waals surface area contributed by atoms with Crippen molar-refractivity contribution < 1.29 is 14.3 Å². The van der Waals surface area contributed by atoms with Gasteiger partial charge in [0.25, 0.3) is 0 Å². The van der Waals surface area contributed by atoms with E-state index in [0.717, 1.165) is 25.0 Å². The van der Waals surface area contributed by atoms with Crippen molar-refractivity contribution in [3.63, 3.8) is 0 Å². The first-order chi connectivity index (χ1) is 15.1. The van der Waals surface area contributed by atoms with Gasteiger partial charge in [0, 0.05) is 36.2 Å². The molecule has 174 valence electrons. The number of nitrogens with zero attached hydrogens (tertiary/aromatic N) is 4. The summed E-state index contributed by atoms with van der Waals surface area (Å²) in [6.45, 7) is 12.1. The van der Waals surface area contributed by atoms with Crippen LogP contribution in [0.5, 0.6) is 5.88 Å². The topological polar surface area (TPSA) is 105 Å². The molecule has 0 spiro atoms. The van der Waals surface area contributed by atoms with Gasteiger partial charge in [-0.3, -0.25) is 10.1 Å². The fraction of sp³-hybridized carbons (Fsp3) is 0.652. The van der Waals surface area contributed by atoms with E-state index >= 15 is 0 Å². The normalized spacial score (nSPS) is 25.2. The van der Waals surface area contributed by atoms with Gasteiger partial charge in [-0.2, -0.15) is 10.1 Å². The van der Waals surface area contributed by atoms with Crippen LogP contribution in [-0.2, 0) is 4.74 Å². The van der Waals surface area contributed by atoms with Gasteiger partial charge in [0.2, 0.25) is 5.88 Å². The molecule has 0 aliphatic carbocycles. The summed E-state index contributed by atoms with van der Waals surface area (Å²) in [5.74, 6) is 2.27. The van der Waals surface area contributed by atoms with Gasteiger partial charge in [-0.25, -0.2) is 4.79 Å². The number of aromatic nitrogens is 4. The van der Waals surface area contributed by atoms with Crippen molar-refractivity contribution in [2.45, 2.75) is 90.5 Å². The van der Waals surface area contributed by atoms with Gasteiger partial charge in [-0.05, 0) is 39.5 Å². The number of H-pyrrole nitrogens is 1. The molecule has 4 heterocycles. The van der Waals surface area contributed by atoms with Crippen LogP contribution in [0.25, 0.3) is 0 Å². The van der Waals surface area contributed by atoms with E-state index in [1.54, 1.807) is 12.4 Å². The van der Waals surface area contributed by atoms with Crippen LogP contribution >= 0.6 is 0 Å².